The molecule has 5 nitrogen and oxygen atoms in total. The van der Waals surface area contributed by atoms with Crippen molar-refractivity contribution in [2.75, 3.05) is 17.7 Å². The number of methoxy groups -OCH3 is 1. The van der Waals surface area contributed by atoms with E-state index in [9.17, 15) is 13.6 Å². The van der Waals surface area contributed by atoms with Gasteiger partial charge in [0.2, 0.25) is 0 Å². The quantitative estimate of drug-likeness (QED) is 0.714. The van der Waals surface area contributed by atoms with Crippen LogP contribution in [0.25, 0.3) is 0 Å². The zero-order valence-corrected chi connectivity index (χ0v) is 13.8. The van der Waals surface area contributed by atoms with E-state index in [4.69, 9.17) is 4.74 Å². The number of halogens is 2. The molecule has 2 N–H and O–H groups in total. The smallest absolute Gasteiger partial charge is 0.257 e. The number of hydrogen-bond donors (Lipinski definition) is 2. The molecule has 0 spiro atoms. The lowest BCUT2D eigenvalue weighted by atomic mass is 10.2. The first-order valence-corrected chi connectivity index (χ1v) is 7.69. The number of nitrogens with one attached hydrogen (secondary N) is 2. The van der Waals surface area contributed by atoms with Crippen molar-refractivity contribution in [1.29, 1.82) is 0 Å². The number of benzene rings is 2. The number of pyridine rings is 1. The molecule has 26 heavy (non-hydrogen) atoms. The zero-order valence-electron chi connectivity index (χ0n) is 13.8. The fourth-order valence-electron chi connectivity index (χ4n) is 2.23. The maximum Gasteiger partial charge on any atom is 0.257 e. The van der Waals surface area contributed by atoms with E-state index < -0.39 is 17.5 Å². The Morgan fingerprint density at radius 2 is 1.85 bits per heavy atom. The van der Waals surface area contributed by atoms with Crippen molar-refractivity contribution in [1.82, 2.24) is 4.98 Å². The Labute approximate surface area is 148 Å². The number of carbonyl (C=O) groups excluding carboxylic acids is 1. The number of nitrogens with zero attached hydrogens (tertiary/aromatic N) is 1. The van der Waals surface area contributed by atoms with Crippen LogP contribution >= 0.6 is 0 Å². The number of anilines is 3. The molecule has 2 aromatic carbocycles. The highest BCUT2D eigenvalue weighted by Crippen LogP contribution is 2.20. The first-order chi connectivity index (χ1) is 12.5. The minimum absolute atomic E-state index is 0.160. The van der Waals surface area contributed by atoms with Gasteiger partial charge in [0.05, 0.1) is 12.7 Å². The Balaban J connectivity index is 1.68. The summed E-state index contributed by atoms with van der Waals surface area (Å²) in [6.45, 7) is 0. The van der Waals surface area contributed by atoms with Gasteiger partial charge in [-0.1, -0.05) is 6.07 Å². The summed E-state index contributed by atoms with van der Waals surface area (Å²) in [5.41, 5.74) is 1.23. The van der Waals surface area contributed by atoms with E-state index in [-0.39, 0.29) is 11.3 Å². The van der Waals surface area contributed by atoms with Crippen molar-refractivity contribution in [3.8, 4) is 5.75 Å². The molecule has 0 atom stereocenters. The third-order valence-corrected chi connectivity index (χ3v) is 3.55. The Bertz CT molecular complexity index is 930. The van der Waals surface area contributed by atoms with E-state index in [0.717, 1.165) is 17.8 Å². The molecular formula is C19H15F2N3O2. The number of hydrogen-bond acceptors (Lipinski definition) is 4. The standard InChI is InChI=1S/C19H15F2N3O2/c1-26-15-4-2-3-13(9-15)23-18-8-5-12(11-22-18)19(25)24-14-6-7-16(20)17(21)10-14/h2-11H,1H3,(H,22,23)(H,24,25). The number of carbonyl (C=O) groups is 1. The number of aromatic nitrogens is 1. The number of rotatable bonds is 5. The van der Waals surface area contributed by atoms with E-state index in [2.05, 4.69) is 15.6 Å². The van der Waals surface area contributed by atoms with Gasteiger partial charge in [-0.15, -0.1) is 0 Å². The van der Waals surface area contributed by atoms with Gasteiger partial charge in [0.25, 0.3) is 5.91 Å². The molecule has 0 aliphatic heterocycles. The van der Waals surface area contributed by atoms with E-state index >= 15 is 0 Å². The van der Waals surface area contributed by atoms with Gasteiger partial charge in [-0.25, -0.2) is 13.8 Å². The average molecular weight is 355 g/mol. The summed E-state index contributed by atoms with van der Waals surface area (Å²) in [5, 5.41) is 5.58. The monoisotopic (exact) mass is 355 g/mol. The Morgan fingerprint density at radius 1 is 1.00 bits per heavy atom. The van der Waals surface area contributed by atoms with Crippen LogP contribution in [0.3, 0.4) is 0 Å². The van der Waals surface area contributed by atoms with Crippen LogP contribution in [0.4, 0.5) is 26.0 Å². The molecule has 0 saturated heterocycles. The second-order valence-corrected chi connectivity index (χ2v) is 5.37. The lowest BCUT2D eigenvalue weighted by Gasteiger charge is -2.09. The summed E-state index contributed by atoms with van der Waals surface area (Å²) < 4.78 is 31.3. The first kappa shape index (κ1) is 17.3. The minimum atomic E-state index is -1.03. The summed E-state index contributed by atoms with van der Waals surface area (Å²) in [5.74, 6) is -1.23. The number of ether oxygens (including phenoxy) is 1. The van der Waals surface area contributed by atoms with E-state index in [1.807, 2.05) is 24.3 Å². The lowest BCUT2D eigenvalue weighted by Crippen LogP contribution is -2.12. The Hall–Kier alpha value is -3.48. The Kier molecular flexibility index (Phi) is 5.07. The Morgan fingerprint density at radius 3 is 2.54 bits per heavy atom. The molecule has 3 rings (SSSR count). The third-order valence-electron chi connectivity index (χ3n) is 3.55. The summed E-state index contributed by atoms with van der Waals surface area (Å²) >= 11 is 0. The minimum Gasteiger partial charge on any atom is -0.497 e. The summed E-state index contributed by atoms with van der Waals surface area (Å²) in [6.07, 6.45) is 1.39. The van der Waals surface area contributed by atoms with Crippen LogP contribution in [0.15, 0.2) is 60.8 Å². The molecular weight excluding hydrogens is 340 g/mol. The van der Waals surface area contributed by atoms with Crippen LogP contribution in [0.2, 0.25) is 0 Å². The average Bonchev–Trinajstić information content (AvgIpc) is 2.65. The van der Waals surface area contributed by atoms with Gasteiger partial charge in [-0.05, 0) is 36.4 Å². The fraction of sp³-hybridized carbons (Fsp3) is 0.0526. The first-order valence-electron chi connectivity index (χ1n) is 7.69. The highest BCUT2D eigenvalue weighted by molar-refractivity contribution is 6.04. The van der Waals surface area contributed by atoms with Gasteiger partial charge in [-0.3, -0.25) is 4.79 Å². The van der Waals surface area contributed by atoms with Crippen LogP contribution < -0.4 is 15.4 Å². The van der Waals surface area contributed by atoms with Crippen molar-refractivity contribution in [3.63, 3.8) is 0 Å². The topological polar surface area (TPSA) is 63.2 Å². The highest BCUT2D eigenvalue weighted by Gasteiger charge is 2.09. The normalized spacial score (nSPS) is 10.3. The van der Waals surface area contributed by atoms with Gasteiger partial charge in [0, 0.05) is 29.7 Å². The summed E-state index contributed by atoms with van der Waals surface area (Å²) in [7, 11) is 1.58. The van der Waals surface area contributed by atoms with Crippen molar-refractivity contribution in [2.45, 2.75) is 0 Å². The molecule has 0 unspecified atom stereocenters. The van der Waals surface area contributed by atoms with Crippen molar-refractivity contribution in [2.24, 2.45) is 0 Å². The van der Waals surface area contributed by atoms with Crippen LogP contribution in [0.1, 0.15) is 10.4 Å². The molecule has 0 aliphatic rings. The molecule has 1 amide bonds. The summed E-state index contributed by atoms with van der Waals surface area (Å²) in [4.78, 5) is 16.3. The van der Waals surface area contributed by atoms with Gasteiger partial charge in [0.15, 0.2) is 11.6 Å². The molecule has 132 valence electrons. The molecule has 0 aliphatic carbocycles. The highest BCUT2D eigenvalue weighted by atomic mass is 19.2. The van der Waals surface area contributed by atoms with Gasteiger partial charge in [-0.2, -0.15) is 0 Å². The van der Waals surface area contributed by atoms with E-state index in [0.29, 0.717) is 11.6 Å². The lowest BCUT2D eigenvalue weighted by molar-refractivity contribution is 0.102. The number of amides is 1. The second-order valence-electron chi connectivity index (χ2n) is 5.37. The van der Waals surface area contributed by atoms with E-state index in [1.54, 1.807) is 19.2 Å². The fourth-order valence-corrected chi connectivity index (χ4v) is 2.23. The molecule has 3 aromatic rings. The maximum absolute atomic E-state index is 13.2. The van der Waals surface area contributed by atoms with Crippen molar-refractivity contribution >= 4 is 23.1 Å². The molecule has 0 radical (unpaired) electrons. The molecule has 0 bridgehead atoms. The van der Waals surface area contributed by atoms with Crippen molar-refractivity contribution in [3.05, 3.63) is 78.0 Å². The molecule has 1 heterocycles. The largest absolute Gasteiger partial charge is 0.497 e. The SMILES string of the molecule is COc1cccc(Nc2ccc(C(=O)Nc3ccc(F)c(F)c3)cn2)c1. The summed E-state index contributed by atoms with van der Waals surface area (Å²) in [6, 6.07) is 13.7. The van der Waals surface area contributed by atoms with Gasteiger partial charge < -0.3 is 15.4 Å². The predicted octanol–water partition coefficient (Wildman–Crippen LogP) is 4.36. The van der Waals surface area contributed by atoms with Crippen LogP contribution in [0.5, 0.6) is 5.75 Å². The predicted molar refractivity (Wildman–Crippen MR) is 94.8 cm³/mol. The zero-order chi connectivity index (χ0) is 18.5. The van der Waals surface area contributed by atoms with E-state index in [1.165, 1.54) is 12.3 Å². The molecule has 7 heteroatoms. The van der Waals surface area contributed by atoms with Crippen molar-refractivity contribution < 1.29 is 18.3 Å². The third kappa shape index (κ3) is 4.13. The van der Waals surface area contributed by atoms with Crippen LogP contribution in [0, 0.1) is 11.6 Å². The van der Waals surface area contributed by atoms with Crippen LogP contribution in [-0.2, 0) is 0 Å². The second kappa shape index (κ2) is 7.60. The molecule has 0 fully saturated rings. The van der Waals surface area contributed by atoms with Gasteiger partial charge in [0.1, 0.15) is 11.6 Å². The maximum atomic E-state index is 13.2. The molecule has 0 saturated carbocycles. The van der Waals surface area contributed by atoms with Gasteiger partial charge >= 0.3 is 0 Å². The molecule has 1 aromatic heterocycles. The van der Waals surface area contributed by atoms with Crippen LogP contribution in [-0.4, -0.2) is 18.0 Å².